The third kappa shape index (κ3) is 2.73. The van der Waals surface area contributed by atoms with Crippen molar-refractivity contribution in [2.24, 2.45) is 0 Å². The quantitative estimate of drug-likeness (QED) is 0.595. The topological polar surface area (TPSA) is 70.1 Å². The molecule has 0 atom stereocenters. The first kappa shape index (κ1) is 15.0. The summed E-state index contributed by atoms with van der Waals surface area (Å²) in [6, 6.07) is 8.23. The monoisotopic (exact) mass is 317 g/mol. The Morgan fingerprint density at radius 2 is 2.04 bits per heavy atom. The van der Waals surface area contributed by atoms with Crippen molar-refractivity contribution < 1.29 is 18.3 Å². The van der Waals surface area contributed by atoms with Gasteiger partial charge in [0.25, 0.3) is 0 Å². The van der Waals surface area contributed by atoms with E-state index >= 15 is 0 Å². The van der Waals surface area contributed by atoms with E-state index < -0.39 is 17.6 Å². The molecule has 1 aromatic heterocycles. The Kier molecular flexibility index (Phi) is 3.69. The Morgan fingerprint density at radius 1 is 1.26 bits per heavy atom. The van der Waals surface area contributed by atoms with Gasteiger partial charge in [-0.05, 0) is 24.3 Å². The van der Waals surface area contributed by atoms with Crippen molar-refractivity contribution in [3.63, 3.8) is 0 Å². The van der Waals surface area contributed by atoms with Gasteiger partial charge in [-0.3, -0.25) is 4.68 Å². The second-order valence-electron chi connectivity index (χ2n) is 5.01. The van der Waals surface area contributed by atoms with Gasteiger partial charge in [-0.15, -0.1) is 0 Å². The number of halogens is 2. The molecule has 2 aromatic carbocycles. The number of fused-ring (bicyclic) bond motifs is 1. The second-order valence-corrected chi connectivity index (χ2v) is 5.01. The fraction of sp³-hybridized carbons (Fsp3) is 0.125. The Morgan fingerprint density at radius 3 is 2.74 bits per heavy atom. The van der Waals surface area contributed by atoms with Crippen LogP contribution in [0.1, 0.15) is 16.1 Å². The number of nitrogen functional groups attached to an aromatic ring is 1. The second kappa shape index (κ2) is 5.68. The molecule has 3 rings (SSSR count). The van der Waals surface area contributed by atoms with Gasteiger partial charge in [-0.2, -0.15) is 5.10 Å². The lowest BCUT2D eigenvalue weighted by atomic mass is 10.1. The first-order valence-corrected chi connectivity index (χ1v) is 6.78. The highest BCUT2D eigenvalue weighted by atomic mass is 19.1. The highest BCUT2D eigenvalue weighted by molar-refractivity contribution is 6.02. The molecule has 0 saturated heterocycles. The van der Waals surface area contributed by atoms with Crippen LogP contribution in [0.3, 0.4) is 0 Å². The van der Waals surface area contributed by atoms with Crippen LogP contribution in [0.25, 0.3) is 10.9 Å². The van der Waals surface area contributed by atoms with E-state index in [4.69, 9.17) is 10.5 Å². The van der Waals surface area contributed by atoms with Crippen molar-refractivity contribution in [3.05, 3.63) is 59.3 Å². The van der Waals surface area contributed by atoms with Crippen molar-refractivity contribution in [3.8, 4) is 0 Å². The maximum Gasteiger partial charge on any atom is 0.359 e. The number of rotatable bonds is 3. The molecule has 0 aliphatic rings. The number of hydrogen-bond donors (Lipinski definition) is 1. The minimum Gasteiger partial charge on any atom is -0.464 e. The van der Waals surface area contributed by atoms with E-state index in [9.17, 15) is 13.6 Å². The number of aromatic nitrogens is 2. The summed E-state index contributed by atoms with van der Waals surface area (Å²) in [5.74, 6) is -1.94. The lowest BCUT2D eigenvalue weighted by molar-refractivity contribution is 0.0595. The summed E-state index contributed by atoms with van der Waals surface area (Å²) >= 11 is 0. The van der Waals surface area contributed by atoms with Crippen LogP contribution in [-0.2, 0) is 11.3 Å². The highest BCUT2D eigenvalue weighted by Gasteiger charge is 2.18. The molecule has 0 bridgehead atoms. The number of nitrogens with two attached hydrogens (primary N) is 1. The Labute approximate surface area is 130 Å². The summed E-state index contributed by atoms with van der Waals surface area (Å²) < 4.78 is 33.0. The molecule has 3 aromatic rings. The van der Waals surface area contributed by atoms with Crippen molar-refractivity contribution >= 4 is 22.6 Å². The third-order valence-corrected chi connectivity index (χ3v) is 3.49. The minimum absolute atomic E-state index is 0.0308. The van der Waals surface area contributed by atoms with Crippen LogP contribution in [-0.4, -0.2) is 22.9 Å². The molecule has 7 heteroatoms. The fourth-order valence-corrected chi connectivity index (χ4v) is 2.37. The number of methoxy groups -OCH3 is 1. The predicted molar refractivity (Wildman–Crippen MR) is 80.9 cm³/mol. The highest BCUT2D eigenvalue weighted by Crippen LogP contribution is 2.23. The number of carbonyl (C=O) groups is 1. The Balaban J connectivity index is 2.13. The van der Waals surface area contributed by atoms with Gasteiger partial charge in [0.05, 0.1) is 19.2 Å². The average molecular weight is 317 g/mol. The summed E-state index contributed by atoms with van der Waals surface area (Å²) in [5.41, 5.74) is 7.18. The van der Waals surface area contributed by atoms with Crippen LogP contribution < -0.4 is 5.73 Å². The van der Waals surface area contributed by atoms with Crippen molar-refractivity contribution in [1.82, 2.24) is 9.78 Å². The zero-order valence-corrected chi connectivity index (χ0v) is 12.2. The summed E-state index contributed by atoms with van der Waals surface area (Å²) in [4.78, 5) is 11.8. The summed E-state index contributed by atoms with van der Waals surface area (Å²) in [6.45, 7) is 0.0308. The Bertz CT molecular complexity index is 906. The fourth-order valence-electron chi connectivity index (χ4n) is 2.37. The van der Waals surface area contributed by atoms with Gasteiger partial charge in [0.1, 0.15) is 11.6 Å². The summed E-state index contributed by atoms with van der Waals surface area (Å²) in [6.07, 6.45) is 0. The van der Waals surface area contributed by atoms with Gasteiger partial charge >= 0.3 is 5.97 Å². The van der Waals surface area contributed by atoms with Crippen LogP contribution in [0.4, 0.5) is 14.5 Å². The first-order chi connectivity index (χ1) is 11.0. The molecule has 118 valence electrons. The maximum atomic E-state index is 13.8. The van der Waals surface area contributed by atoms with Crippen molar-refractivity contribution in [2.75, 3.05) is 12.8 Å². The molecule has 0 spiro atoms. The number of ether oxygens (including phenoxy) is 1. The van der Waals surface area contributed by atoms with E-state index in [0.717, 1.165) is 6.07 Å². The zero-order chi connectivity index (χ0) is 16.6. The van der Waals surface area contributed by atoms with Crippen LogP contribution >= 0.6 is 0 Å². The summed E-state index contributed by atoms with van der Waals surface area (Å²) in [5, 5.41) is 4.74. The zero-order valence-electron chi connectivity index (χ0n) is 12.2. The lowest BCUT2D eigenvalue weighted by Crippen LogP contribution is -2.07. The molecule has 23 heavy (non-hydrogen) atoms. The molecule has 5 nitrogen and oxygen atoms in total. The van der Waals surface area contributed by atoms with Crippen molar-refractivity contribution in [2.45, 2.75) is 6.54 Å². The van der Waals surface area contributed by atoms with Crippen LogP contribution in [0.15, 0.2) is 36.4 Å². The van der Waals surface area contributed by atoms with E-state index in [1.807, 2.05) is 0 Å². The molecule has 2 N–H and O–H groups in total. The predicted octanol–water partition coefficient (Wildman–Crippen LogP) is 2.73. The van der Waals surface area contributed by atoms with Gasteiger partial charge < -0.3 is 10.5 Å². The van der Waals surface area contributed by atoms with E-state index in [-0.39, 0.29) is 17.8 Å². The standard InChI is InChI=1S/C16H13F2N3O2/c1-23-16(22)15-12-5-4-11(19)7-14(12)21(20-15)8-9-2-3-10(17)6-13(9)18/h2-7H,8,19H2,1H3. The van der Waals surface area contributed by atoms with Crippen LogP contribution in [0.2, 0.25) is 0 Å². The van der Waals surface area contributed by atoms with E-state index in [1.165, 1.54) is 23.9 Å². The molecule has 0 saturated carbocycles. The molecular formula is C16H13F2N3O2. The molecule has 0 fully saturated rings. The smallest absolute Gasteiger partial charge is 0.359 e. The van der Waals surface area contributed by atoms with Crippen LogP contribution in [0, 0.1) is 11.6 Å². The largest absolute Gasteiger partial charge is 0.464 e. The van der Waals surface area contributed by atoms with Gasteiger partial charge in [-0.25, -0.2) is 13.6 Å². The van der Waals surface area contributed by atoms with E-state index in [1.54, 1.807) is 18.2 Å². The maximum absolute atomic E-state index is 13.8. The van der Waals surface area contributed by atoms with Gasteiger partial charge in [0.2, 0.25) is 0 Å². The normalized spacial score (nSPS) is 10.9. The Hall–Kier alpha value is -2.96. The molecule has 0 aliphatic carbocycles. The number of hydrogen-bond acceptors (Lipinski definition) is 4. The third-order valence-electron chi connectivity index (χ3n) is 3.49. The van der Waals surface area contributed by atoms with Crippen LogP contribution in [0.5, 0.6) is 0 Å². The van der Waals surface area contributed by atoms with Gasteiger partial charge in [0.15, 0.2) is 5.69 Å². The SMILES string of the molecule is COC(=O)c1nn(Cc2ccc(F)cc2F)c2cc(N)ccc12. The average Bonchev–Trinajstić information content (AvgIpc) is 2.87. The molecular weight excluding hydrogens is 304 g/mol. The number of esters is 1. The molecule has 0 radical (unpaired) electrons. The molecule has 0 unspecified atom stereocenters. The van der Waals surface area contributed by atoms with Crippen molar-refractivity contribution in [1.29, 1.82) is 0 Å². The minimum atomic E-state index is -0.683. The van der Waals surface area contributed by atoms with Gasteiger partial charge in [0, 0.05) is 22.7 Å². The van der Waals surface area contributed by atoms with E-state index in [0.29, 0.717) is 16.6 Å². The number of carbonyl (C=O) groups excluding carboxylic acids is 1. The van der Waals surface area contributed by atoms with E-state index in [2.05, 4.69) is 5.10 Å². The summed E-state index contributed by atoms with van der Waals surface area (Å²) in [7, 11) is 1.25. The molecule has 0 amide bonds. The first-order valence-electron chi connectivity index (χ1n) is 6.78. The lowest BCUT2D eigenvalue weighted by Gasteiger charge is -2.05. The number of benzene rings is 2. The number of nitrogens with zero attached hydrogens (tertiary/aromatic N) is 2. The molecule has 0 aliphatic heterocycles. The number of anilines is 1. The van der Waals surface area contributed by atoms with Gasteiger partial charge in [-0.1, -0.05) is 6.07 Å². The molecule has 1 heterocycles.